The van der Waals surface area contributed by atoms with Crippen LogP contribution in [0.15, 0.2) is 10.5 Å². The van der Waals surface area contributed by atoms with Crippen molar-refractivity contribution < 1.29 is 43.6 Å². The molecule has 4 heterocycles. The van der Waals surface area contributed by atoms with Crippen LogP contribution in [0.4, 0.5) is 0 Å². The first kappa shape index (κ1) is 25.6. The van der Waals surface area contributed by atoms with Crippen molar-refractivity contribution in [3.63, 3.8) is 0 Å². The van der Waals surface area contributed by atoms with Gasteiger partial charge in [-0.25, -0.2) is 9.78 Å². The average Bonchev–Trinajstić information content (AvgIpc) is 3.43. The van der Waals surface area contributed by atoms with E-state index in [9.17, 15) is 29.4 Å². The number of thioether (sulfide) groups is 1. The summed E-state index contributed by atoms with van der Waals surface area (Å²) >= 11 is 2.61. The molecule has 1 aromatic heterocycles. The second kappa shape index (κ2) is 9.52. The molecule has 4 rings (SSSR count). The number of β-lactam (4-membered cyclic amide) rings is 1. The fourth-order valence-electron chi connectivity index (χ4n) is 4.19. The molecule has 3 saturated heterocycles. The number of aromatic nitrogens is 1. The van der Waals surface area contributed by atoms with Gasteiger partial charge in [0.25, 0.3) is 5.72 Å². The zero-order chi connectivity index (χ0) is 25.5. The fraction of sp³-hybridized carbons (Fsp3) is 0.600. The average molecular weight is 523 g/mol. The summed E-state index contributed by atoms with van der Waals surface area (Å²) in [4.78, 5) is 61.6. The maximum absolute atomic E-state index is 13.3. The lowest BCUT2D eigenvalue weighted by atomic mass is 9.84. The fourth-order valence-corrected chi connectivity index (χ4v) is 6.42. The number of amides is 1. The third-order valence-electron chi connectivity index (χ3n) is 6.17. The predicted octanol–water partition coefficient (Wildman–Crippen LogP) is -0.708. The summed E-state index contributed by atoms with van der Waals surface area (Å²) in [6.07, 6.45) is -0.346. The van der Waals surface area contributed by atoms with Crippen molar-refractivity contribution in [1.82, 2.24) is 9.88 Å². The van der Waals surface area contributed by atoms with Gasteiger partial charge >= 0.3 is 20.0 Å². The molecule has 0 saturated carbocycles. The molecule has 0 bridgehead atoms. The van der Waals surface area contributed by atoms with Crippen LogP contribution < -0.4 is 0 Å². The highest BCUT2D eigenvalue weighted by Crippen LogP contribution is 2.54. The van der Waals surface area contributed by atoms with Crippen molar-refractivity contribution >= 4 is 60.5 Å². The van der Waals surface area contributed by atoms with E-state index in [1.54, 1.807) is 12.3 Å². The van der Waals surface area contributed by atoms with Gasteiger partial charge in [-0.3, -0.25) is 19.3 Å². The van der Waals surface area contributed by atoms with E-state index >= 15 is 0 Å². The topological polar surface area (TPSA) is 165 Å². The van der Waals surface area contributed by atoms with Crippen LogP contribution in [0.3, 0.4) is 0 Å². The Morgan fingerprint density at radius 3 is 2.71 bits per heavy atom. The molecule has 0 spiro atoms. The summed E-state index contributed by atoms with van der Waals surface area (Å²) in [6, 6.07) is 0. The summed E-state index contributed by atoms with van der Waals surface area (Å²) in [5, 5.41) is 24.4. The third-order valence-corrected chi connectivity index (χ3v) is 8.42. The number of fused-ring (bicyclic) bond motifs is 3. The smallest absolute Gasteiger partial charge is 0.378 e. The summed E-state index contributed by atoms with van der Waals surface area (Å²) in [7, 11) is 5.08. The first-order valence-electron chi connectivity index (χ1n) is 10.6. The van der Waals surface area contributed by atoms with E-state index in [1.807, 2.05) is 0 Å². The highest BCUT2D eigenvalue weighted by Gasteiger charge is 2.71. The molecule has 0 aromatic carbocycles. The number of rotatable bonds is 9. The van der Waals surface area contributed by atoms with Crippen LogP contribution in [0.25, 0.3) is 0 Å². The Morgan fingerprint density at radius 2 is 2.11 bits per heavy atom. The van der Waals surface area contributed by atoms with Gasteiger partial charge in [0.1, 0.15) is 5.69 Å². The summed E-state index contributed by atoms with van der Waals surface area (Å²) in [6.45, 7) is 2.03. The number of ketones is 1. The number of nitrogens with zero attached hydrogens (tertiary/aromatic N) is 3. The van der Waals surface area contributed by atoms with Gasteiger partial charge < -0.3 is 24.4 Å². The highest BCUT2D eigenvalue weighted by atomic mass is 32.2. The second-order valence-corrected chi connectivity index (χ2v) is 10.9. The Morgan fingerprint density at radius 1 is 1.40 bits per heavy atom. The quantitative estimate of drug-likeness (QED) is 0.138. The van der Waals surface area contributed by atoms with Gasteiger partial charge in [-0.05, 0) is 13.8 Å². The van der Waals surface area contributed by atoms with E-state index in [0.29, 0.717) is 10.8 Å². The zero-order valence-electron chi connectivity index (χ0n) is 18.8. The molecule has 15 heteroatoms. The molecule has 0 aliphatic carbocycles. The monoisotopic (exact) mass is 523 g/mol. The van der Waals surface area contributed by atoms with Gasteiger partial charge in [-0.1, -0.05) is 5.16 Å². The minimum absolute atomic E-state index is 0.0615. The van der Waals surface area contributed by atoms with Crippen molar-refractivity contribution in [2.75, 3.05) is 19.0 Å². The predicted molar refractivity (Wildman–Crippen MR) is 122 cm³/mol. The number of thiazole rings is 1. The van der Waals surface area contributed by atoms with Gasteiger partial charge in [0, 0.05) is 23.5 Å². The van der Waals surface area contributed by atoms with Gasteiger partial charge in [0.05, 0.1) is 35.9 Å². The Hall–Kier alpha value is -2.49. The summed E-state index contributed by atoms with van der Waals surface area (Å²) < 4.78 is 9.67. The molecule has 3 aliphatic heterocycles. The summed E-state index contributed by atoms with van der Waals surface area (Å²) in [5.74, 6) is -3.94. The number of carbonyl (C=O) groups excluding carboxylic acids is 4. The van der Waals surface area contributed by atoms with Crippen LogP contribution in [-0.2, 0) is 33.4 Å². The number of hydrogen-bond acceptors (Lipinski definition) is 13. The SMILES string of the molecule is [B]OC(=O)[C@]12OC(=O)C[C@H]1CS[C@@H]1[C@H](CC(=O)/C(=N\OC(C)(CO)CO)c3csc(C)n3)C(=O)N12. The Labute approximate surface area is 209 Å². The third kappa shape index (κ3) is 4.23. The number of aliphatic hydroxyl groups is 2. The van der Waals surface area contributed by atoms with E-state index in [-0.39, 0.29) is 24.2 Å². The number of ether oxygens (including phenoxy) is 1. The van der Waals surface area contributed by atoms with Gasteiger partial charge in [0.15, 0.2) is 17.1 Å². The molecule has 4 atom stereocenters. The number of aliphatic hydroxyl groups excluding tert-OH is 2. The Balaban J connectivity index is 1.57. The van der Waals surface area contributed by atoms with Crippen LogP contribution in [-0.4, -0.2) is 93.2 Å². The first-order valence-corrected chi connectivity index (χ1v) is 12.5. The first-order chi connectivity index (χ1) is 16.6. The van der Waals surface area contributed by atoms with E-state index < -0.39 is 65.4 Å². The van der Waals surface area contributed by atoms with Crippen LogP contribution in [0.5, 0.6) is 0 Å². The van der Waals surface area contributed by atoms with E-state index in [4.69, 9.17) is 17.6 Å². The van der Waals surface area contributed by atoms with E-state index in [1.165, 1.54) is 30.0 Å². The van der Waals surface area contributed by atoms with Crippen molar-refractivity contribution in [3.8, 4) is 0 Å². The van der Waals surface area contributed by atoms with E-state index in [2.05, 4.69) is 14.8 Å². The van der Waals surface area contributed by atoms with Crippen LogP contribution in [0.1, 0.15) is 30.5 Å². The van der Waals surface area contributed by atoms with Crippen LogP contribution in [0, 0.1) is 18.8 Å². The highest BCUT2D eigenvalue weighted by molar-refractivity contribution is 8.00. The molecule has 2 radical (unpaired) electrons. The van der Waals surface area contributed by atoms with E-state index in [0.717, 1.165) is 4.90 Å². The molecule has 12 nitrogen and oxygen atoms in total. The molecule has 3 aliphatic rings. The lowest BCUT2D eigenvalue weighted by molar-refractivity contribution is -0.217. The molecular formula is C20H22BN3O9S2. The van der Waals surface area contributed by atoms with Crippen LogP contribution >= 0.6 is 23.1 Å². The number of esters is 1. The van der Waals surface area contributed by atoms with Gasteiger partial charge in [-0.15, -0.1) is 23.1 Å². The molecule has 35 heavy (non-hydrogen) atoms. The van der Waals surface area contributed by atoms with Crippen molar-refractivity contribution in [3.05, 3.63) is 16.1 Å². The molecule has 0 unspecified atom stereocenters. The minimum Gasteiger partial charge on any atom is -0.539 e. The molecule has 1 amide bonds. The maximum Gasteiger partial charge on any atom is 0.378 e. The molecule has 186 valence electrons. The number of hydrogen-bond donors (Lipinski definition) is 2. The Bertz CT molecular complexity index is 1090. The lowest BCUT2D eigenvalue weighted by Crippen LogP contribution is -2.75. The molecule has 1 aromatic rings. The lowest BCUT2D eigenvalue weighted by Gasteiger charge is -2.57. The van der Waals surface area contributed by atoms with Gasteiger partial charge in [0.2, 0.25) is 5.91 Å². The molecule has 2 N–H and O–H groups in total. The summed E-state index contributed by atoms with van der Waals surface area (Å²) in [5.41, 5.74) is -3.32. The van der Waals surface area contributed by atoms with Crippen molar-refractivity contribution in [1.29, 1.82) is 0 Å². The largest absolute Gasteiger partial charge is 0.539 e. The number of Topliss-reactive ketones (excluding diaryl/α,β-unsaturated/α-hetero) is 1. The second-order valence-electron chi connectivity index (χ2n) is 8.69. The maximum atomic E-state index is 13.3. The Kier molecular flexibility index (Phi) is 6.97. The standard InChI is InChI=1S/C20H22BN3O9S2/c1-9-22-12(6-34-9)15(23-33-19(2,7-25)8-26)13(27)4-11-16(29)24-17(11)35-5-10-3-14(28)31-20(10,24)18(30)32-21/h6,10-11,17,25-26H,3-5,7-8H2,1-2H3/b23-15-/t10-,11+,17+,20+/m0/s1. The number of carbonyl (C=O) groups is 4. The zero-order valence-corrected chi connectivity index (χ0v) is 20.5. The van der Waals surface area contributed by atoms with Crippen LogP contribution in [0.2, 0.25) is 0 Å². The van der Waals surface area contributed by atoms with Crippen molar-refractivity contribution in [2.45, 2.75) is 43.4 Å². The number of oxime groups is 1. The van der Waals surface area contributed by atoms with Gasteiger partial charge in [-0.2, -0.15) is 0 Å². The molecule has 3 fully saturated rings. The molecular weight excluding hydrogens is 501 g/mol. The van der Waals surface area contributed by atoms with Crippen molar-refractivity contribution in [2.24, 2.45) is 17.0 Å². The number of aryl methyl sites for hydroxylation is 1. The minimum atomic E-state index is -1.94. The normalized spacial score (nSPS) is 28.1.